The molecule has 0 aliphatic carbocycles. The Bertz CT molecular complexity index is 202. The maximum atomic E-state index is 3.64. The van der Waals surface area contributed by atoms with Crippen molar-refractivity contribution in [2.24, 2.45) is 5.41 Å². The normalized spacial score (nSPS) is 12.5. The van der Waals surface area contributed by atoms with Gasteiger partial charge in [0.1, 0.15) is 0 Å². The highest BCUT2D eigenvalue weighted by atomic mass is 14.9. The van der Waals surface area contributed by atoms with E-state index in [2.05, 4.69) is 46.9 Å². The monoisotopic (exact) mass is 241 g/mol. The fourth-order valence-electron chi connectivity index (χ4n) is 1.39. The lowest BCUT2D eigenvalue weighted by Crippen LogP contribution is -2.29. The summed E-state index contributed by atoms with van der Waals surface area (Å²) in [6.45, 7) is 18.7. The average molecular weight is 241 g/mol. The molecule has 1 nitrogen and oxygen atoms in total. The van der Waals surface area contributed by atoms with Crippen LogP contribution in [0.2, 0.25) is 0 Å². The maximum absolute atomic E-state index is 3.64. The van der Waals surface area contributed by atoms with Gasteiger partial charge in [-0.1, -0.05) is 60.5 Å². The Morgan fingerprint density at radius 3 is 1.94 bits per heavy atom. The van der Waals surface area contributed by atoms with E-state index in [1.54, 1.807) is 0 Å². The van der Waals surface area contributed by atoms with Crippen LogP contribution in [0.4, 0.5) is 0 Å². The molecule has 104 valence electrons. The zero-order valence-electron chi connectivity index (χ0n) is 13.5. The molecule has 0 rings (SSSR count). The second-order valence-corrected chi connectivity index (χ2v) is 5.23. The first-order valence-corrected chi connectivity index (χ1v) is 7.39. The average Bonchev–Trinajstić information content (AvgIpc) is 2.36. The topological polar surface area (TPSA) is 12.0 Å². The molecular formula is C16H35N. The zero-order chi connectivity index (χ0) is 13.9. The molecule has 0 bridgehead atoms. The van der Waals surface area contributed by atoms with Gasteiger partial charge in [-0.05, 0) is 31.6 Å². The van der Waals surface area contributed by atoms with Crippen molar-refractivity contribution in [1.82, 2.24) is 5.32 Å². The molecule has 0 heterocycles. The summed E-state index contributed by atoms with van der Waals surface area (Å²) in [4.78, 5) is 0. The maximum Gasteiger partial charge on any atom is 0.0195 e. The van der Waals surface area contributed by atoms with Crippen molar-refractivity contribution in [2.75, 3.05) is 6.54 Å². The van der Waals surface area contributed by atoms with E-state index in [0.29, 0.717) is 5.41 Å². The molecular weight excluding hydrogens is 206 g/mol. The quantitative estimate of drug-likeness (QED) is 0.618. The number of nitrogens with one attached hydrogen (secondary N) is 1. The first kappa shape index (κ1) is 18.9. The lowest BCUT2D eigenvalue weighted by molar-refractivity contribution is 0.338. The van der Waals surface area contributed by atoms with Crippen LogP contribution in [0.15, 0.2) is 11.3 Å². The van der Waals surface area contributed by atoms with Gasteiger partial charge < -0.3 is 5.32 Å². The van der Waals surface area contributed by atoms with Gasteiger partial charge in [0.15, 0.2) is 0 Å². The Morgan fingerprint density at radius 2 is 1.59 bits per heavy atom. The largest absolute Gasteiger partial charge is 0.388 e. The number of allylic oxidation sites excluding steroid dienone is 2. The van der Waals surface area contributed by atoms with Crippen LogP contribution in [-0.4, -0.2) is 6.54 Å². The van der Waals surface area contributed by atoms with Crippen molar-refractivity contribution < 1.29 is 0 Å². The molecule has 0 aromatic heterocycles. The minimum Gasteiger partial charge on any atom is -0.388 e. The van der Waals surface area contributed by atoms with Crippen LogP contribution in [0.5, 0.6) is 0 Å². The third-order valence-electron chi connectivity index (χ3n) is 3.28. The van der Waals surface area contributed by atoms with Crippen LogP contribution in [0.1, 0.15) is 81.1 Å². The summed E-state index contributed by atoms with van der Waals surface area (Å²) in [5, 5.41) is 3.64. The molecule has 0 saturated carbocycles. The molecule has 0 aliphatic heterocycles. The first-order chi connectivity index (χ1) is 7.96. The summed E-state index contributed by atoms with van der Waals surface area (Å²) in [6.07, 6.45) is 4.81. The molecule has 0 aliphatic rings. The summed E-state index contributed by atoms with van der Waals surface area (Å²) in [5.74, 6) is 0. The Kier molecular flexibility index (Phi) is 11.9. The van der Waals surface area contributed by atoms with Crippen molar-refractivity contribution in [2.45, 2.75) is 81.1 Å². The van der Waals surface area contributed by atoms with Crippen LogP contribution in [0.3, 0.4) is 0 Å². The van der Waals surface area contributed by atoms with E-state index < -0.39 is 0 Å². The van der Waals surface area contributed by atoms with Gasteiger partial charge in [-0.3, -0.25) is 0 Å². The number of hydrogen-bond acceptors (Lipinski definition) is 1. The molecule has 17 heavy (non-hydrogen) atoms. The Balaban J connectivity index is 0. The van der Waals surface area contributed by atoms with Gasteiger partial charge >= 0.3 is 0 Å². The van der Waals surface area contributed by atoms with Gasteiger partial charge in [-0.25, -0.2) is 0 Å². The van der Waals surface area contributed by atoms with Crippen LogP contribution < -0.4 is 5.32 Å². The van der Waals surface area contributed by atoms with Crippen LogP contribution in [0.25, 0.3) is 0 Å². The predicted octanol–water partition coefficient (Wildman–Crippen LogP) is 5.52. The van der Waals surface area contributed by atoms with E-state index in [-0.39, 0.29) is 0 Å². The van der Waals surface area contributed by atoms with Gasteiger partial charge in [0.05, 0.1) is 0 Å². The van der Waals surface area contributed by atoms with Crippen LogP contribution >= 0.6 is 0 Å². The van der Waals surface area contributed by atoms with Crippen molar-refractivity contribution in [3.8, 4) is 0 Å². The fourth-order valence-corrected chi connectivity index (χ4v) is 1.39. The molecule has 0 saturated heterocycles. The molecule has 0 aromatic carbocycles. The predicted molar refractivity (Wildman–Crippen MR) is 81.3 cm³/mol. The highest BCUT2D eigenvalue weighted by Crippen LogP contribution is 2.20. The smallest absolute Gasteiger partial charge is 0.0195 e. The van der Waals surface area contributed by atoms with Gasteiger partial charge in [-0.15, -0.1) is 0 Å². The number of hydrogen-bond donors (Lipinski definition) is 1. The second-order valence-electron chi connectivity index (χ2n) is 5.23. The minimum atomic E-state index is 0.410. The van der Waals surface area contributed by atoms with Crippen molar-refractivity contribution in [1.29, 1.82) is 0 Å². The van der Waals surface area contributed by atoms with E-state index in [1.165, 1.54) is 30.5 Å². The molecule has 0 fully saturated rings. The summed E-state index contributed by atoms with van der Waals surface area (Å²) >= 11 is 0. The molecule has 0 aromatic rings. The second kappa shape index (κ2) is 10.7. The fraction of sp³-hybridized carbons (Fsp3) is 0.875. The van der Waals surface area contributed by atoms with Crippen molar-refractivity contribution in [3.05, 3.63) is 11.3 Å². The Labute approximate surface area is 110 Å². The standard InChI is InChI=1S/C14H29N.C2H6/c1-7-10-13(12(4)8-2)15-11-14(5,6)9-3;1-2/h15H,7-11H2,1-6H3;1-2H3/b13-12-;. The van der Waals surface area contributed by atoms with Gasteiger partial charge in [-0.2, -0.15) is 0 Å². The lowest BCUT2D eigenvalue weighted by Gasteiger charge is -2.25. The number of rotatable bonds is 7. The Morgan fingerprint density at radius 1 is 1.06 bits per heavy atom. The van der Waals surface area contributed by atoms with Gasteiger partial charge in [0, 0.05) is 12.2 Å². The van der Waals surface area contributed by atoms with Gasteiger partial charge in [0.25, 0.3) is 0 Å². The minimum absolute atomic E-state index is 0.410. The van der Waals surface area contributed by atoms with Crippen molar-refractivity contribution >= 4 is 0 Å². The van der Waals surface area contributed by atoms with Crippen LogP contribution in [0, 0.1) is 5.41 Å². The lowest BCUT2D eigenvalue weighted by atomic mass is 9.90. The van der Waals surface area contributed by atoms with Gasteiger partial charge in [0.2, 0.25) is 0 Å². The van der Waals surface area contributed by atoms with E-state index in [0.717, 1.165) is 13.0 Å². The van der Waals surface area contributed by atoms with E-state index in [4.69, 9.17) is 0 Å². The molecule has 0 spiro atoms. The summed E-state index contributed by atoms with van der Waals surface area (Å²) < 4.78 is 0. The summed E-state index contributed by atoms with van der Waals surface area (Å²) in [7, 11) is 0. The highest BCUT2D eigenvalue weighted by Gasteiger charge is 2.15. The van der Waals surface area contributed by atoms with E-state index >= 15 is 0 Å². The van der Waals surface area contributed by atoms with E-state index in [1.807, 2.05) is 13.8 Å². The highest BCUT2D eigenvalue weighted by molar-refractivity contribution is 5.10. The molecule has 0 amide bonds. The zero-order valence-corrected chi connectivity index (χ0v) is 13.5. The SMILES string of the molecule is CC.CCC/C(NCC(C)(C)CC)=C(\C)CC. The molecule has 0 radical (unpaired) electrons. The van der Waals surface area contributed by atoms with Crippen molar-refractivity contribution in [3.63, 3.8) is 0 Å². The summed E-state index contributed by atoms with van der Waals surface area (Å²) in [6, 6.07) is 0. The third-order valence-corrected chi connectivity index (χ3v) is 3.28. The third kappa shape index (κ3) is 9.26. The van der Waals surface area contributed by atoms with Crippen LogP contribution in [-0.2, 0) is 0 Å². The molecule has 1 N–H and O–H groups in total. The summed E-state index contributed by atoms with van der Waals surface area (Å²) in [5.41, 5.74) is 3.40. The molecule has 0 unspecified atom stereocenters. The van der Waals surface area contributed by atoms with E-state index in [9.17, 15) is 0 Å². The first-order valence-electron chi connectivity index (χ1n) is 7.39. The molecule has 0 atom stereocenters. The molecule has 1 heteroatoms. The Hall–Kier alpha value is -0.460.